The number of nitrogens with zero attached hydrogens (tertiary/aromatic N) is 3. The van der Waals surface area contributed by atoms with E-state index in [9.17, 15) is 0 Å². The smallest absolute Gasteiger partial charge is 0.0775 e. The largest absolute Gasteiger partial charge is 0.383 e. The molecule has 5 nitrogen and oxygen atoms in total. The average Bonchev–Trinajstić information content (AvgIpc) is 3.06. The van der Waals surface area contributed by atoms with Crippen molar-refractivity contribution in [2.45, 2.75) is 31.5 Å². The number of rotatable bonds is 5. The molecule has 2 aromatic rings. The fourth-order valence-corrected chi connectivity index (χ4v) is 3.97. The Hall–Kier alpha value is -1.98. The lowest BCUT2D eigenvalue weighted by atomic mass is 10.0. The highest BCUT2D eigenvalue weighted by atomic mass is 16.5. The van der Waals surface area contributed by atoms with Gasteiger partial charge in [-0.15, -0.1) is 0 Å². The monoisotopic (exact) mass is 324 g/mol. The molecule has 2 aliphatic rings. The molecule has 3 heterocycles. The van der Waals surface area contributed by atoms with Crippen LogP contribution in [0.4, 0.5) is 5.69 Å². The van der Waals surface area contributed by atoms with E-state index in [1.165, 1.54) is 12.8 Å². The highest BCUT2D eigenvalue weighted by Gasteiger charge is 2.42. The number of pyridine rings is 2. The van der Waals surface area contributed by atoms with Crippen LogP contribution < -0.4 is 5.32 Å². The Morgan fingerprint density at radius 1 is 1.17 bits per heavy atom. The maximum atomic E-state index is 6.15. The van der Waals surface area contributed by atoms with Gasteiger partial charge in [0.15, 0.2) is 0 Å². The van der Waals surface area contributed by atoms with Gasteiger partial charge in [0.05, 0.1) is 24.1 Å². The van der Waals surface area contributed by atoms with Gasteiger partial charge in [0.1, 0.15) is 0 Å². The molecule has 1 aliphatic heterocycles. The van der Waals surface area contributed by atoms with Gasteiger partial charge in [-0.3, -0.25) is 14.9 Å². The lowest BCUT2D eigenvalue weighted by Crippen LogP contribution is -2.50. The average molecular weight is 324 g/mol. The Morgan fingerprint density at radius 3 is 3.00 bits per heavy atom. The Morgan fingerprint density at radius 2 is 2.17 bits per heavy atom. The van der Waals surface area contributed by atoms with Crippen molar-refractivity contribution in [1.82, 2.24) is 14.9 Å². The zero-order valence-corrected chi connectivity index (χ0v) is 13.8. The Kier molecular flexibility index (Phi) is 4.71. The molecular weight excluding hydrogens is 300 g/mol. The number of morpholine rings is 1. The van der Waals surface area contributed by atoms with E-state index in [-0.39, 0.29) is 0 Å². The van der Waals surface area contributed by atoms with E-state index >= 15 is 0 Å². The summed E-state index contributed by atoms with van der Waals surface area (Å²) >= 11 is 0. The number of hydrogen-bond donors (Lipinski definition) is 1. The molecule has 0 radical (unpaired) electrons. The van der Waals surface area contributed by atoms with Crippen LogP contribution in [0.25, 0.3) is 0 Å². The first-order chi connectivity index (χ1) is 11.9. The van der Waals surface area contributed by atoms with Gasteiger partial charge in [-0.25, -0.2) is 0 Å². The Bertz CT molecular complexity index is 636. The van der Waals surface area contributed by atoms with Crippen LogP contribution in [0.5, 0.6) is 0 Å². The summed E-state index contributed by atoms with van der Waals surface area (Å²) in [5.41, 5.74) is 2.23. The third kappa shape index (κ3) is 3.42. The van der Waals surface area contributed by atoms with E-state index in [0.717, 1.165) is 37.6 Å². The molecule has 3 atom stereocenters. The van der Waals surface area contributed by atoms with Gasteiger partial charge in [0, 0.05) is 50.2 Å². The number of hydrogen-bond acceptors (Lipinski definition) is 5. The van der Waals surface area contributed by atoms with Crippen molar-refractivity contribution in [1.29, 1.82) is 0 Å². The van der Waals surface area contributed by atoms with Gasteiger partial charge < -0.3 is 10.1 Å². The quantitative estimate of drug-likeness (QED) is 0.916. The normalized spacial score (nSPS) is 26.9. The second-order valence-corrected chi connectivity index (χ2v) is 6.65. The van der Waals surface area contributed by atoms with Gasteiger partial charge in [0.2, 0.25) is 0 Å². The minimum Gasteiger partial charge on any atom is -0.383 e. The van der Waals surface area contributed by atoms with E-state index < -0.39 is 0 Å². The van der Waals surface area contributed by atoms with Crippen LogP contribution in [0, 0.1) is 5.92 Å². The van der Waals surface area contributed by atoms with Crippen LogP contribution in [0.2, 0.25) is 0 Å². The fraction of sp³-hybridized carbons (Fsp3) is 0.474. The SMILES string of the molecule is c1ccc(CN2CCOC3C(CNc4cccnc4)CCC32)nc1. The predicted octanol–water partition coefficient (Wildman–Crippen LogP) is 2.57. The molecular formula is C19H24N4O. The van der Waals surface area contributed by atoms with Crippen molar-refractivity contribution >= 4 is 5.69 Å². The third-order valence-electron chi connectivity index (χ3n) is 5.16. The van der Waals surface area contributed by atoms with Crippen LogP contribution in [0.15, 0.2) is 48.9 Å². The second-order valence-electron chi connectivity index (χ2n) is 6.65. The molecule has 0 spiro atoms. The molecule has 0 amide bonds. The summed E-state index contributed by atoms with van der Waals surface area (Å²) < 4.78 is 6.15. The summed E-state index contributed by atoms with van der Waals surface area (Å²) in [6, 6.07) is 10.7. The first-order valence-electron chi connectivity index (χ1n) is 8.79. The van der Waals surface area contributed by atoms with Gasteiger partial charge in [0.25, 0.3) is 0 Å². The fourth-order valence-electron chi connectivity index (χ4n) is 3.97. The van der Waals surface area contributed by atoms with Crippen molar-refractivity contribution in [3.8, 4) is 0 Å². The first-order valence-corrected chi connectivity index (χ1v) is 8.79. The molecule has 2 aromatic heterocycles. The number of ether oxygens (including phenoxy) is 1. The van der Waals surface area contributed by atoms with Crippen LogP contribution in [-0.2, 0) is 11.3 Å². The molecule has 0 aromatic carbocycles. The summed E-state index contributed by atoms with van der Waals surface area (Å²) in [5, 5.41) is 3.51. The van der Waals surface area contributed by atoms with Crippen LogP contribution in [0.1, 0.15) is 18.5 Å². The molecule has 4 rings (SSSR count). The molecule has 126 valence electrons. The molecule has 24 heavy (non-hydrogen) atoms. The van der Waals surface area contributed by atoms with Crippen LogP contribution >= 0.6 is 0 Å². The van der Waals surface area contributed by atoms with E-state index in [0.29, 0.717) is 18.1 Å². The standard InChI is InChI=1S/C19H24N4O/c1-2-9-21-17(4-1)14-23-10-11-24-19-15(6-7-18(19)23)12-22-16-5-3-8-20-13-16/h1-5,8-9,13,15,18-19,22H,6-7,10-12,14H2. The van der Waals surface area contributed by atoms with Crippen molar-refractivity contribution < 1.29 is 4.74 Å². The highest BCUT2D eigenvalue weighted by molar-refractivity contribution is 5.39. The molecule has 3 unspecified atom stereocenters. The van der Waals surface area contributed by atoms with Crippen molar-refractivity contribution in [2.75, 3.05) is 25.0 Å². The number of anilines is 1. The van der Waals surface area contributed by atoms with E-state index in [2.05, 4.69) is 38.4 Å². The zero-order valence-electron chi connectivity index (χ0n) is 13.8. The molecule has 2 fully saturated rings. The molecule has 5 heteroatoms. The maximum Gasteiger partial charge on any atom is 0.0775 e. The molecule has 1 aliphatic carbocycles. The number of aromatic nitrogens is 2. The van der Waals surface area contributed by atoms with Crippen LogP contribution in [-0.4, -0.2) is 46.7 Å². The molecule has 1 saturated heterocycles. The van der Waals surface area contributed by atoms with E-state index in [1.54, 1.807) is 6.20 Å². The van der Waals surface area contributed by atoms with E-state index in [1.807, 2.05) is 24.5 Å². The zero-order chi connectivity index (χ0) is 16.2. The second kappa shape index (κ2) is 7.28. The summed E-state index contributed by atoms with van der Waals surface area (Å²) in [7, 11) is 0. The Balaban J connectivity index is 1.37. The highest BCUT2D eigenvalue weighted by Crippen LogP contribution is 2.35. The predicted molar refractivity (Wildman–Crippen MR) is 93.6 cm³/mol. The minimum atomic E-state index is 0.326. The molecule has 1 N–H and O–H groups in total. The summed E-state index contributed by atoms with van der Waals surface area (Å²) in [5.74, 6) is 0.557. The lowest BCUT2D eigenvalue weighted by Gasteiger charge is -2.39. The first kappa shape index (κ1) is 15.5. The van der Waals surface area contributed by atoms with Gasteiger partial charge in [-0.1, -0.05) is 6.07 Å². The van der Waals surface area contributed by atoms with E-state index in [4.69, 9.17) is 4.74 Å². The summed E-state index contributed by atoms with van der Waals surface area (Å²) in [4.78, 5) is 11.2. The van der Waals surface area contributed by atoms with Gasteiger partial charge in [-0.05, 0) is 37.1 Å². The summed E-state index contributed by atoms with van der Waals surface area (Å²) in [6.45, 7) is 3.69. The van der Waals surface area contributed by atoms with Crippen molar-refractivity contribution in [3.63, 3.8) is 0 Å². The van der Waals surface area contributed by atoms with Gasteiger partial charge >= 0.3 is 0 Å². The number of nitrogens with one attached hydrogen (secondary N) is 1. The molecule has 0 bridgehead atoms. The maximum absolute atomic E-state index is 6.15. The number of fused-ring (bicyclic) bond motifs is 1. The Labute approximate surface area is 143 Å². The molecule has 1 saturated carbocycles. The topological polar surface area (TPSA) is 50.3 Å². The van der Waals surface area contributed by atoms with Crippen molar-refractivity contribution in [3.05, 3.63) is 54.6 Å². The summed E-state index contributed by atoms with van der Waals surface area (Å²) in [6.07, 6.45) is 8.30. The minimum absolute atomic E-state index is 0.326. The lowest BCUT2D eigenvalue weighted by molar-refractivity contribution is -0.0748. The van der Waals surface area contributed by atoms with Crippen LogP contribution in [0.3, 0.4) is 0 Å². The van der Waals surface area contributed by atoms with Crippen molar-refractivity contribution in [2.24, 2.45) is 5.92 Å². The third-order valence-corrected chi connectivity index (χ3v) is 5.16. The van der Waals surface area contributed by atoms with Gasteiger partial charge in [-0.2, -0.15) is 0 Å².